The number of carbonyl (C=O) groups is 2. The highest BCUT2D eigenvalue weighted by molar-refractivity contribution is 5.76. The smallest absolute Gasteiger partial charge is 0.410 e. The number of ether oxygens (including phenoxy) is 2. The van der Waals surface area contributed by atoms with Crippen molar-refractivity contribution >= 4 is 12.1 Å². The van der Waals surface area contributed by atoms with Gasteiger partial charge in [0.15, 0.2) is 0 Å². The van der Waals surface area contributed by atoms with Gasteiger partial charge in [-0.2, -0.15) is 0 Å². The number of rotatable bonds is 3. The normalized spacial score (nSPS) is 21.6. The fourth-order valence-electron chi connectivity index (χ4n) is 2.38. The lowest BCUT2D eigenvalue weighted by Crippen LogP contribution is -2.30. The lowest BCUT2D eigenvalue weighted by Gasteiger charge is -2.15. The molecule has 5 nitrogen and oxygen atoms in total. The van der Waals surface area contributed by atoms with Crippen LogP contribution in [-0.2, 0) is 20.9 Å². The zero-order valence-electron chi connectivity index (χ0n) is 11.7. The van der Waals surface area contributed by atoms with E-state index in [1.54, 1.807) is 4.90 Å². The minimum atomic E-state index is -0.382. The third-order valence-corrected chi connectivity index (χ3v) is 3.58. The van der Waals surface area contributed by atoms with Crippen molar-refractivity contribution < 1.29 is 19.1 Å². The van der Waals surface area contributed by atoms with E-state index in [-0.39, 0.29) is 30.5 Å². The van der Waals surface area contributed by atoms with Gasteiger partial charge < -0.3 is 14.4 Å². The highest BCUT2D eigenvalue weighted by Gasteiger charge is 2.38. The number of amides is 1. The topological polar surface area (TPSA) is 55.8 Å². The first-order valence-electron chi connectivity index (χ1n) is 6.65. The van der Waals surface area contributed by atoms with Gasteiger partial charge in [-0.15, -0.1) is 0 Å². The van der Waals surface area contributed by atoms with Gasteiger partial charge in [-0.05, 0) is 11.5 Å². The average Bonchev–Trinajstić information content (AvgIpc) is 2.87. The average molecular weight is 277 g/mol. The Bertz CT molecular complexity index is 474. The summed E-state index contributed by atoms with van der Waals surface area (Å²) in [6, 6.07) is 9.51. The molecule has 0 spiro atoms. The Morgan fingerprint density at radius 3 is 2.60 bits per heavy atom. The minimum absolute atomic E-state index is 0.0896. The molecule has 0 N–H and O–H groups in total. The van der Waals surface area contributed by atoms with Gasteiger partial charge in [-0.1, -0.05) is 37.3 Å². The zero-order chi connectivity index (χ0) is 14.5. The van der Waals surface area contributed by atoms with Gasteiger partial charge in [0.1, 0.15) is 6.61 Å². The van der Waals surface area contributed by atoms with Crippen molar-refractivity contribution in [1.29, 1.82) is 0 Å². The van der Waals surface area contributed by atoms with Gasteiger partial charge in [0.2, 0.25) is 0 Å². The first kappa shape index (κ1) is 14.4. The molecule has 1 heterocycles. The monoisotopic (exact) mass is 277 g/mol. The molecule has 1 aliphatic heterocycles. The first-order chi connectivity index (χ1) is 9.61. The third kappa shape index (κ3) is 3.29. The van der Waals surface area contributed by atoms with E-state index in [4.69, 9.17) is 9.47 Å². The summed E-state index contributed by atoms with van der Waals surface area (Å²) in [7, 11) is 1.37. The number of nitrogens with zero attached hydrogens (tertiary/aromatic N) is 1. The molecule has 2 unspecified atom stereocenters. The SMILES string of the molecule is COC(=O)C1CN(C(=O)OCc2ccccc2)CC1C. The van der Waals surface area contributed by atoms with Crippen LogP contribution in [0.25, 0.3) is 0 Å². The van der Waals surface area contributed by atoms with E-state index < -0.39 is 0 Å². The van der Waals surface area contributed by atoms with Crippen LogP contribution in [0.2, 0.25) is 0 Å². The van der Waals surface area contributed by atoms with Crippen LogP contribution in [0.4, 0.5) is 4.79 Å². The molecule has 5 heteroatoms. The summed E-state index contributed by atoms with van der Waals surface area (Å²) in [5.41, 5.74) is 0.942. The van der Waals surface area contributed by atoms with Crippen LogP contribution in [0.1, 0.15) is 12.5 Å². The van der Waals surface area contributed by atoms with Crippen molar-refractivity contribution in [3.8, 4) is 0 Å². The van der Waals surface area contributed by atoms with Gasteiger partial charge in [-0.3, -0.25) is 4.79 Å². The summed E-state index contributed by atoms with van der Waals surface area (Å²) in [6.07, 6.45) is -0.382. The summed E-state index contributed by atoms with van der Waals surface area (Å²) >= 11 is 0. The van der Waals surface area contributed by atoms with Crippen LogP contribution in [0.3, 0.4) is 0 Å². The molecule has 0 aromatic heterocycles. The van der Waals surface area contributed by atoms with Crippen molar-refractivity contribution in [2.75, 3.05) is 20.2 Å². The van der Waals surface area contributed by atoms with Crippen LogP contribution in [0.15, 0.2) is 30.3 Å². The Balaban J connectivity index is 1.86. The predicted octanol–water partition coefficient (Wildman–Crippen LogP) is 2.06. The number of hydrogen-bond acceptors (Lipinski definition) is 4. The Hall–Kier alpha value is -2.04. The molecule has 0 aliphatic carbocycles. The van der Waals surface area contributed by atoms with Gasteiger partial charge in [0.25, 0.3) is 0 Å². The number of likely N-dealkylation sites (tertiary alicyclic amines) is 1. The minimum Gasteiger partial charge on any atom is -0.469 e. The Morgan fingerprint density at radius 1 is 1.25 bits per heavy atom. The fourth-order valence-corrected chi connectivity index (χ4v) is 2.38. The molecule has 20 heavy (non-hydrogen) atoms. The summed E-state index contributed by atoms with van der Waals surface area (Å²) in [5, 5.41) is 0. The molecular weight excluding hydrogens is 258 g/mol. The second kappa shape index (κ2) is 6.41. The van der Waals surface area contributed by atoms with Gasteiger partial charge in [-0.25, -0.2) is 4.79 Å². The maximum atomic E-state index is 12.0. The number of carbonyl (C=O) groups excluding carboxylic acids is 2. The molecule has 1 aliphatic rings. The largest absolute Gasteiger partial charge is 0.469 e. The van der Waals surface area contributed by atoms with Crippen molar-refractivity contribution in [1.82, 2.24) is 4.90 Å². The van der Waals surface area contributed by atoms with Crippen molar-refractivity contribution in [2.45, 2.75) is 13.5 Å². The first-order valence-corrected chi connectivity index (χ1v) is 6.65. The van der Waals surface area contributed by atoms with E-state index in [0.29, 0.717) is 13.1 Å². The molecule has 108 valence electrons. The second-order valence-corrected chi connectivity index (χ2v) is 5.05. The van der Waals surface area contributed by atoms with E-state index in [0.717, 1.165) is 5.56 Å². The quantitative estimate of drug-likeness (QED) is 0.794. The number of benzene rings is 1. The van der Waals surface area contributed by atoms with Gasteiger partial charge in [0.05, 0.1) is 13.0 Å². The van der Waals surface area contributed by atoms with E-state index in [1.165, 1.54) is 7.11 Å². The highest BCUT2D eigenvalue weighted by Crippen LogP contribution is 2.24. The molecule has 0 radical (unpaired) electrons. The maximum absolute atomic E-state index is 12.0. The predicted molar refractivity (Wildman–Crippen MR) is 72.9 cm³/mol. The Labute approximate surface area is 118 Å². The Kier molecular flexibility index (Phi) is 4.61. The Morgan fingerprint density at radius 2 is 1.95 bits per heavy atom. The van der Waals surface area contributed by atoms with Crippen molar-refractivity contribution in [3.63, 3.8) is 0 Å². The number of hydrogen-bond donors (Lipinski definition) is 0. The van der Waals surface area contributed by atoms with Crippen LogP contribution in [-0.4, -0.2) is 37.2 Å². The summed E-state index contributed by atoms with van der Waals surface area (Å²) in [5.74, 6) is -0.438. The molecule has 0 saturated carbocycles. The second-order valence-electron chi connectivity index (χ2n) is 5.05. The van der Waals surface area contributed by atoms with E-state index in [1.807, 2.05) is 37.3 Å². The summed E-state index contributed by atoms with van der Waals surface area (Å²) in [4.78, 5) is 25.1. The molecule has 2 rings (SSSR count). The maximum Gasteiger partial charge on any atom is 0.410 e. The van der Waals surface area contributed by atoms with E-state index in [9.17, 15) is 9.59 Å². The fraction of sp³-hybridized carbons (Fsp3) is 0.467. The number of methoxy groups -OCH3 is 1. The van der Waals surface area contributed by atoms with Crippen LogP contribution in [0.5, 0.6) is 0 Å². The molecule has 1 aromatic rings. The van der Waals surface area contributed by atoms with Crippen LogP contribution in [0, 0.1) is 11.8 Å². The molecule has 1 amide bonds. The summed E-state index contributed by atoms with van der Waals surface area (Å²) in [6.45, 7) is 3.06. The number of esters is 1. The van der Waals surface area contributed by atoms with E-state index >= 15 is 0 Å². The van der Waals surface area contributed by atoms with Crippen LogP contribution < -0.4 is 0 Å². The standard InChI is InChI=1S/C15H19NO4/c1-11-8-16(9-13(11)14(17)19-2)15(18)20-10-12-6-4-3-5-7-12/h3-7,11,13H,8-10H2,1-2H3. The van der Waals surface area contributed by atoms with E-state index in [2.05, 4.69) is 0 Å². The molecule has 1 fully saturated rings. The highest BCUT2D eigenvalue weighted by atomic mass is 16.6. The molecule has 1 aromatic carbocycles. The van der Waals surface area contributed by atoms with Crippen molar-refractivity contribution in [2.24, 2.45) is 11.8 Å². The lowest BCUT2D eigenvalue weighted by atomic mass is 9.99. The third-order valence-electron chi connectivity index (χ3n) is 3.58. The lowest BCUT2D eigenvalue weighted by molar-refractivity contribution is -0.146. The molecule has 0 bridgehead atoms. The summed E-state index contributed by atoms with van der Waals surface area (Å²) < 4.78 is 10.0. The zero-order valence-corrected chi connectivity index (χ0v) is 11.7. The van der Waals surface area contributed by atoms with Gasteiger partial charge in [0, 0.05) is 13.1 Å². The molecule has 1 saturated heterocycles. The molecular formula is C15H19NO4. The van der Waals surface area contributed by atoms with Crippen LogP contribution >= 0.6 is 0 Å². The molecule has 2 atom stereocenters. The van der Waals surface area contributed by atoms with Gasteiger partial charge >= 0.3 is 12.1 Å². The van der Waals surface area contributed by atoms with Crippen molar-refractivity contribution in [3.05, 3.63) is 35.9 Å².